The predicted octanol–water partition coefficient (Wildman–Crippen LogP) is 2.09. The molecule has 0 aliphatic rings. The summed E-state index contributed by atoms with van der Waals surface area (Å²) in [6, 6.07) is 9.93. The van der Waals surface area contributed by atoms with Gasteiger partial charge in [-0.05, 0) is 18.4 Å². The second-order valence-electron chi connectivity index (χ2n) is 2.73. The molecule has 0 aliphatic heterocycles. The fourth-order valence-corrected chi connectivity index (χ4v) is 1.09. The summed E-state index contributed by atoms with van der Waals surface area (Å²) in [5.41, 5.74) is 1.21. The Hall–Kier alpha value is -1.31. The zero-order valence-electron chi connectivity index (χ0n) is 6.86. The molecule has 0 heterocycles. The number of benzene rings is 1. The van der Waals surface area contributed by atoms with E-state index in [0.717, 1.165) is 12.8 Å². The zero-order valence-corrected chi connectivity index (χ0v) is 6.86. The second kappa shape index (κ2) is 4.54. The maximum absolute atomic E-state index is 10.2. The largest absolute Gasteiger partial charge is 0.481 e. The summed E-state index contributed by atoms with van der Waals surface area (Å²) >= 11 is 0. The number of carbonyl (C=O) groups is 1. The summed E-state index contributed by atoms with van der Waals surface area (Å²) in [7, 11) is 0. The highest BCUT2D eigenvalue weighted by Crippen LogP contribution is 2.03. The van der Waals surface area contributed by atoms with Crippen LogP contribution in [0, 0.1) is 0 Å². The van der Waals surface area contributed by atoms with Crippen molar-refractivity contribution in [2.45, 2.75) is 19.3 Å². The first-order chi connectivity index (χ1) is 5.79. The fraction of sp³-hybridized carbons (Fsp3) is 0.300. The minimum absolute atomic E-state index is 0.259. The average molecular weight is 163 g/mol. The lowest BCUT2D eigenvalue weighted by molar-refractivity contribution is -0.137. The number of carboxylic acid groups (broad SMARTS) is 1. The van der Waals surface area contributed by atoms with Gasteiger partial charge in [0.25, 0.3) is 0 Å². The van der Waals surface area contributed by atoms with E-state index in [-0.39, 0.29) is 6.42 Å². The highest BCUT2D eigenvalue weighted by atomic mass is 16.3. The van der Waals surface area contributed by atoms with E-state index >= 15 is 0 Å². The molecule has 1 aromatic rings. The quantitative estimate of drug-likeness (QED) is 0.738. The molecule has 0 atom stereocenters. The number of hydrogen-bond donors (Lipinski definition) is 1. The standard InChI is InChI=1S/C10H12O2/c11-10(12)8-4-7-9-5-2-1-3-6-9/h1-3,5-6H,4,7-8H2,(H,11,12)/i10-1. The van der Waals surface area contributed by atoms with E-state index in [9.17, 15) is 4.79 Å². The molecule has 2 nitrogen and oxygen atoms in total. The molecule has 0 saturated heterocycles. The van der Waals surface area contributed by atoms with Crippen LogP contribution in [0.1, 0.15) is 18.4 Å². The van der Waals surface area contributed by atoms with E-state index < -0.39 is 5.97 Å². The third-order valence-electron chi connectivity index (χ3n) is 1.70. The van der Waals surface area contributed by atoms with Crippen molar-refractivity contribution < 1.29 is 9.90 Å². The van der Waals surface area contributed by atoms with Gasteiger partial charge in [0.1, 0.15) is 0 Å². The third kappa shape index (κ3) is 3.19. The maximum atomic E-state index is 10.2. The van der Waals surface area contributed by atoms with Crippen molar-refractivity contribution in [1.29, 1.82) is 0 Å². The molecule has 0 fully saturated rings. The van der Waals surface area contributed by atoms with E-state index in [0.29, 0.717) is 0 Å². The van der Waals surface area contributed by atoms with Gasteiger partial charge in [0, 0.05) is 6.42 Å². The molecule has 1 rings (SSSR count). The number of hydrogen-bond acceptors (Lipinski definition) is 1. The van der Waals surface area contributed by atoms with Crippen molar-refractivity contribution in [3.05, 3.63) is 35.9 Å². The molecule has 0 bridgehead atoms. The van der Waals surface area contributed by atoms with Crippen molar-refractivity contribution in [3.63, 3.8) is 0 Å². The van der Waals surface area contributed by atoms with Crippen LogP contribution in [0.4, 0.5) is 0 Å². The van der Waals surface area contributed by atoms with Gasteiger partial charge < -0.3 is 5.11 Å². The Labute approximate surface area is 71.8 Å². The first kappa shape index (κ1) is 8.78. The number of carboxylic acids is 1. The van der Waals surface area contributed by atoms with Crippen LogP contribution in [0.25, 0.3) is 0 Å². The smallest absolute Gasteiger partial charge is 0.303 e. The van der Waals surface area contributed by atoms with Crippen LogP contribution in [-0.2, 0) is 11.2 Å². The Balaban J connectivity index is 2.29. The van der Waals surface area contributed by atoms with Crippen LogP contribution in [-0.4, -0.2) is 11.1 Å². The Morgan fingerprint density at radius 1 is 1.25 bits per heavy atom. The van der Waals surface area contributed by atoms with Gasteiger partial charge in [-0.3, -0.25) is 4.79 Å². The van der Waals surface area contributed by atoms with Crippen LogP contribution in [0.3, 0.4) is 0 Å². The van der Waals surface area contributed by atoms with Gasteiger partial charge in [0.05, 0.1) is 0 Å². The zero-order chi connectivity index (χ0) is 8.81. The van der Waals surface area contributed by atoms with Crippen molar-refractivity contribution in [3.8, 4) is 0 Å². The monoisotopic (exact) mass is 163 g/mol. The molecule has 0 radical (unpaired) electrons. The minimum atomic E-state index is -0.717. The first-order valence-corrected chi connectivity index (χ1v) is 4.05. The van der Waals surface area contributed by atoms with E-state index in [4.69, 9.17) is 5.11 Å². The highest BCUT2D eigenvalue weighted by Gasteiger charge is 1.96. The van der Waals surface area contributed by atoms with Crippen LogP contribution >= 0.6 is 0 Å². The third-order valence-corrected chi connectivity index (χ3v) is 1.70. The Morgan fingerprint density at radius 3 is 2.50 bits per heavy atom. The van der Waals surface area contributed by atoms with Crippen molar-refractivity contribution in [2.24, 2.45) is 0 Å². The first-order valence-electron chi connectivity index (χ1n) is 4.05. The lowest BCUT2D eigenvalue weighted by Gasteiger charge is -1.97. The van der Waals surface area contributed by atoms with E-state index in [1.165, 1.54) is 5.56 Å². The van der Waals surface area contributed by atoms with E-state index in [1.807, 2.05) is 30.3 Å². The van der Waals surface area contributed by atoms with Crippen molar-refractivity contribution in [1.82, 2.24) is 0 Å². The molecule has 0 unspecified atom stereocenters. The summed E-state index contributed by atoms with van der Waals surface area (Å²) in [5, 5.41) is 8.39. The number of aryl methyl sites for hydroxylation is 1. The number of aliphatic carboxylic acids is 1. The van der Waals surface area contributed by atoms with Gasteiger partial charge in [0.15, 0.2) is 0 Å². The van der Waals surface area contributed by atoms with Crippen LogP contribution in [0.5, 0.6) is 0 Å². The lowest BCUT2D eigenvalue weighted by atomic mass is 9.96. The maximum Gasteiger partial charge on any atom is 0.303 e. The highest BCUT2D eigenvalue weighted by molar-refractivity contribution is 5.66. The molecule has 2 heteroatoms. The predicted molar refractivity (Wildman–Crippen MR) is 47.0 cm³/mol. The Bertz CT molecular complexity index is 241. The summed E-state index contributed by atoms with van der Waals surface area (Å²) in [6.45, 7) is 0. The van der Waals surface area contributed by atoms with Crippen LogP contribution < -0.4 is 0 Å². The molecule has 1 N–H and O–H groups in total. The SMILES string of the molecule is O=[11C](O)CCCc1ccccc1. The van der Waals surface area contributed by atoms with E-state index in [2.05, 4.69) is 0 Å². The average Bonchev–Trinajstić information content (AvgIpc) is 2.05. The molecule has 0 spiro atoms. The summed E-state index contributed by atoms with van der Waals surface area (Å²) in [6.07, 6.45) is 1.83. The van der Waals surface area contributed by atoms with Crippen LogP contribution in [0.15, 0.2) is 30.3 Å². The Kier molecular flexibility index (Phi) is 3.33. The van der Waals surface area contributed by atoms with E-state index in [1.54, 1.807) is 0 Å². The molecule has 0 aliphatic carbocycles. The molecular weight excluding hydrogens is 151 g/mol. The molecule has 12 heavy (non-hydrogen) atoms. The lowest BCUT2D eigenvalue weighted by Crippen LogP contribution is -1.95. The van der Waals surface area contributed by atoms with Gasteiger partial charge in [-0.15, -0.1) is 0 Å². The topological polar surface area (TPSA) is 37.3 Å². The minimum Gasteiger partial charge on any atom is -0.481 e. The van der Waals surface area contributed by atoms with Gasteiger partial charge in [0.2, 0.25) is 0 Å². The summed E-state index contributed by atoms with van der Waals surface area (Å²) in [5.74, 6) is -0.717. The molecule has 0 amide bonds. The van der Waals surface area contributed by atoms with Gasteiger partial charge >= 0.3 is 5.97 Å². The van der Waals surface area contributed by atoms with Gasteiger partial charge in [-0.1, -0.05) is 30.3 Å². The van der Waals surface area contributed by atoms with Crippen LogP contribution in [0.2, 0.25) is 0 Å². The normalized spacial score (nSPS) is 9.67. The molecule has 0 saturated carbocycles. The molecule has 1 aromatic carbocycles. The summed E-state index contributed by atoms with van der Waals surface area (Å²) < 4.78 is 0. The molecule has 0 aromatic heterocycles. The van der Waals surface area contributed by atoms with Gasteiger partial charge in [-0.25, -0.2) is 0 Å². The Morgan fingerprint density at radius 2 is 1.92 bits per heavy atom. The fourth-order valence-electron chi connectivity index (χ4n) is 1.09. The van der Waals surface area contributed by atoms with Crippen molar-refractivity contribution >= 4 is 5.97 Å². The molecule has 64 valence electrons. The summed E-state index contributed by atoms with van der Waals surface area (Å²) in [4.78, 5) is 10.2. The molecular formula is C10H12O2. The second-order valence-corrected chi connectivity index (χ2v) is 2.73. The number of rotatable bonds is 4. The van der Waals surface area contributed by atoms with Gasteiger partial charge in [-0.2, -0.15) is 0 Å². The van der Waals surface area contributed by atoms with Crippen molar-refractivity contribution in [2.75, 3.05) is 0 Å².